The molecule has 0 radical (unpaired) electrons. The van der Waals surface area contributed by atoms with Gasteiger partial charge in [0.2, 0.25) is 11.7 Å². The molecule has 0 aliphatic heterocycles. The van der Waals surface area contributed by atoms with Gasteiger partial charge in [-0.2, -0.15) is 4.98 Å². The minimum Gasteiger partial charge on any atom is -0.507 e. The Kier molecular flexibility index (Phi) is 2.87. The van der Waals surface area contributed by atoms with Crippen molar-refractivity contribution in [2.45, 2.75) is 19.4 Å². The number of benzene rings is 1. The Labute approximate surface area is 92.4 Å². The first kappa shape index (κ1) is 10.6. The van der Waals surface area contributed by atoms with Gasteiger partial charge in [-0.15, -0.1) is 0 Å². The van der Waals surface area contributed by atoms with Crippen molar-refractivity contribution < 1.29 is 14.7 Å². The standard InChI is InChI=1S/C11H12N2O3/c1-7(14)6-10-12-11(13-16-10)8-4-2-3-5-9(8)15/h2-5,7,14-15H,6H2,1H3. The molecule has 5 nitrogen and oxygen atoms in total. The van der Waals surface area contributed by atoms with Crippen LogP contribution in [0.5, 0.6) is 5.75 Å². The summed E-state index contributed by atoms with van der Waals surface area (Å²) < 4.78 is 4.95. The largest absolute Gasteiger partial charge is 0.507 e. The molecule has 0 aliphatic carbocycles. The molecule has 5 heteroatoms. The number of rotatable bonds is 3. The molecule has 0 bridgehead atoms. The number of aliphatic hydroxyl groups is 1. The summed E-state index contributed by atoms with van der Waals surface area (Å²) >= 11 is 0. The highest BCUT2D eigenvalue weighted by Crippen LogP contribution is 2.25. The van der Waals surface area contributed by atoms with Crippen molar-refractivity contribution >= 4 is 0 Å². The smallest absolute Gasteiger partial charge is 0.229 e. The molecule has 1 unspecified atom stereocenters. The van der Waals surface area contributed by atoms with E-state index in [1.807, 2.05) is 0 Å². The molecule has 0 fully saturated rings. The summed E-state index contributed by atoms with van der Waals surface area (Å²) in [4.78, 5) is 4.08. The quantitative estimate of drug-likeness (QED) is 0.816. The lowest BCUT2D eigenvalue weighted by atomic mass is 10.2. The van der Waals surface area contributed by atoms with Crippen LogP contribution in [0.2, 0.25) is 0 Å². The fraction of sp³-hybridized carbons (Fsp3) is 0.273. The van der Waals surface area contributed by atoms with Crippen molar-refractivity contribution in [3.63, 3.8) is 0 Å². The molecule has 0 saturated heterocycles. The van der Waals surface area contributed by atoms with Gasteiger partial charge in [0.05, 0.1) is 18.1 Å². The summed E-state index contributed by atoms with van der Waals surface area (Å²) in [6.07, 6.45) is -0.224. The third-order valence-electron chi connectivity index (χ3n) is 2.08. The average Bonchev–Trinajstić information content (AvgIpc) is 2.66. The number of aromatic hydroxyl groups is 1. The fourth-order valence-electron chi connectivity index (χ4n) is 1.36. The van der Waals surface area contributed by atoms with Crippen LogP contribution >= 0.6 is 0 Å². The molecule has 0 saturated carbocycles. The summed E-state index contributed by atoms with van der Waals surface area (Å²) in [5, 5.41) is 22.5. The first-order chi connectivity index (χ1) is 7.66. The molecular formula is C11H12N2O3. The Morgan fingerprint density at radius 3 is 2.81 bits per heavy atom. The van der Waals surface area contributed by atoms with Gasteiger partial charge >= 0.3 is 0 Å². The van der Waals surface area contributed by atoms with E-state index in [1.54, 1.807) is 31.2 Å². The SMILES string of the molecule is CC(O)Cc1nc(-c2ccccc2O)no1. The van der Waals surface area contributed by atoms with Gasteiger partial charge in [0.1, 0.15) is 5.75 Å². The van der Waals surface area contributed by atoms with E-state index in [2.05, 4.69) is 10.1 Å². The van der Waals surface area contributed by atoms with Crippen LogP contribution in [-0.4, -0.2) is 26.5 Å². The van der Waals surface area contributed by atoms with Crippen LogP contribution in [0.4, 0.5) is 0 Å². The second kappa shape index (κ2) is 4.32. The van der Waals surface area contributed by atoms with Gasteiger partial charge in [-0.25, -0.2) is 0 Å². The Hall–Kier alpha value is -1.88. The average molecular weight is 220 g/mol. The van der Waals surface area contributed by atoms with Gasteiger partial charge in [-0.05, 0) is 19.1 Å². The second-order valence-corrected chi connectivity index (χ2v) is 3.58. The predicted molar refractivity (Wildman–Crippen MR) is 56.8 cm³/mol. The number of nitrogens with zero attached hydrogens (tertiary/aromatic N) is 2. The molecule has 84 valence electrons. The zero-order valence-corrected chi connectivity index (χ0v) is 8.79. The molecule has 2 N–H and O–H groups in total. The minimum absolute atomic E-state index is 0.104. The molecule has 2 aromatic rings. The lowest BCUT2D eigenvalue weighted by Crippen LogP contribution is -2.04. The van der Waals surface area contributed by atoms with Crippen molar-refractivity contribution in [3.8, 4) is 17.1 Å². The molecule has 2 rings (SSSR count). The van der Waals surface area contributed by atoms with Crippen LogP contribution < -0.4 is 0 Å². The third-order valence-corrected chi connectivity index (χ3v) is 2.08. The summed E-state index contributed by atoms with van der Waals surface area (Å²) in [5.74, 6) is 0.786. The summed E-state index contributed by atoms with van der Waals surface area (Å²) in [7, 11) is 0. The molecule has 0 amide bonds. The van der Waals surface area contributed by atoms with Crippen molar-refractivity contribution in [1.82, 2.24) is 10.1 Å². The van der Waals surface area contributed by atoms with Crippen LogP contribution in [0.3, 0.4) is 0 Å². The van der Waals surface area contributed by atoms with E-state index >= 15 is 0 Å². The number of phenols is 1. The van der Waals surface area contributed by atoms with Gasteiger partial charge in [-0.3, -0.25) is 0 Å². The van der Waals surface area contributed by atoms with Gasteiger partial charge in [0.15, 0.2) is 0 Å². The summed E-state index contributed by atoms with van der Waals surface area (Å²) in [6, 6.07) is 6.75. The van der Waals surface area contributed by atoms with Crippen LogP contribution in [0.1, 0.15) is 12.8 Å². The van der Waals surface area contributed by atoms with E-state index in [9.17, 15) is 5.11 Å². The number of hydrogen-bond donors (Lipinski definition) is 2. The summed E-state index contributed by atoms with van der Waals surface area (Å²) in [5.41, 5.74) is 0.517. The number of hydrogen-bond acceptors (Lipinski definition) is 5. The first-order valence-corrected chi connectivity index (χ1v) is 4.96. The van der Waals surface area contributed by atoms with E-state index in [-0.39, 0.29) is 5.75 Å². The van der Waals surface area contributed by atoms with Crippen LogP contribution in [0.25, 0.3) is 11.4 Å². The van der Waals surface area contributed by atoms with Gasteiger partial charge in [0.25, 0.3) is 0 Å². The van der Waals surface area contributed by atoms with Gasteiger partial charge in [-0.1, -0.05) is 17.3 Å². The van der Waals surface area contributed by atoms with Crippen LogP contribution in [0, 0.1) is 0 Å². The first-order valence-electron chi connectivity index (χ1n) is 4.96. The van der Waals surface area contributed by atoms with Crippen molar-refractivity contribution in [1.29, 1.82) is 0 Å². The Morgan fingerprint density at radius 2 is 2.12 bits per heavy atom. The van der Waals surface area contributed by atoms with E-state index in [0.29, 0.717) is 23.7 Å². The van der Waals surface area contributed by atoms with E-state index < -0.39 is 6.10 Å². The van der Waals surface area contributed by atoms with E-state index in [1.165, 1.54) is 0 Å². The zero-order chi connectivity index (χ0) is 11.5. The summed E-state index contributed by atoms with van der Waals surface area (Å²) in [6.45, 7) is 1.64. The monoisotopic (exact) mass is 220 g/mol. The number of aromatic nitrogens is 2. The van der Waals surface area contributed by atoms with Crippen LogP contribution in [-0.2, 0) is 6.42 Å². The molecule has 16 heavy (non-hydrogen) atoms. The molecule has 1 atom stereocenters. The normalized spacial score (nSPS) is 12.6. The maximum atomic E-state index is 9.58. The fourth-order valence-corrected chi connectivity index (χ4v) is 1.36. The molecule has 1 heterocycles. The maximum Gasteiger partial charge on any atom is 0.229 e. The van der Waals surface area contributed by atoms with Crippen molar-refractivity contribution in [2.75, 3.05) is 0 Å². The Morgan fingerprint density at radius 1 is 1.38 bits per heavy atom. The minimum atomic E-state index is -0.530. The number of aliphatic hydroxyl groups excluding tert-OH is 1. The lowest BCUT2D eigenvalue weighted by molar-refractivity contribution is 0.181. The highest BCUT2D eigenvalue weighted by Gasteiger charge is 2.12. The molecule has 0 spiro atoms. The number of phenolic OH excluding ortho intramolecular Hbond substituents is 1. The van der Waals surface area contributed by atoms with Crippen molar-refractivity contribution in [2.24, 2.45) is 0 Å². The highest BCUT2D eigenvalue weighted by atomic mass is 16.5. The highest BCUT2D eigenvalue weighted by molar-refractivity contribution is 5.62. The predicted octanol–water partition coefficient (Wildman–Crippen LogP) is 1.37. The topological polar surface area (TPSA) is 79.4 Å². The maximum absolute atomic E-state index is 9.58. The molecule has 1 aromatic carbocycles. The Balaban J connectivity index is 2.28. The van der Waals surface area contributed by atoms with Crippen molar-refractivity contribution in [3.05, 3.63) is 30.2 Å². The molecule has 0 aliphatic rings. The molecular weight excluding hydrogens is 208 g/mol. The van der Waals surface area contributed by atoms with Crippen LogP contribution in [0.15, 0.2) is 28.8 Å². The van der Waals surface area contributed by atoms with Gasteiger partial charge in [0, 0.05) is 0 Å². The van der Waals surface area contributed by atoms with E-state index in [0.717, 1.165) is 0 Å². The molecule has 1 aromatic heterocycles. The Bertz CT molecular complexity index is 480. The van der Waals surface area contributed by atoms with E-state index in [4.69, 9.17) is 9.63 Å². The van der Waals surface area contributed by atoms with Gasteiger partial charge < -0.3 is 14.7 Å². The zero-order valence-electron chi connectivity index (χ0n) is 8.79. The second-order valence-electron chi connectivity index (χ2n) is 3.58. The number of para-hydroxylation sites is 1. The third kappa shape index (κ3) is 2.20. The lowest BCUT2D eigenvalue weighted by Gasteiger charge is -1.97.